The Balaban J connectivity index is 1.76. The number of aryl methyl sites for hydroxylation is 1. The third-order valence-electron chi connectivity index (χ3n) is 3.49. The van der Waals surface area contributed by atoms with Crippen molar-refractivity contribution in [2.24, 2.45) is 0 Å². The number of hydrogen-bond donors (Lipinski definition) is 1. The van der Waals surface area contributed by atoms with Gasteiger partial charge in [-0.05, 0) is 25.0 Å². The van der Waals surface area contributed by atoms with Crippen molar-refractivity contribution in [3.05, 3.63) is 47.8 Å². The van der Waals surface area contributed by atoms with E-state index in [0.29, 0.717) is 18.3 Å². The molecule has 0 aliphatic heterocycles. The number of hydrogen-bond acceptors (Lipinski definition) is 6. The second-order valence-corrected chi connectivity index (χ2v) is 5.74. The monoisotopic (exact) mass is 312 g/mol. The van der Waals surface area contributed by atoms with E-state index >= 15 is 0 Å². The first-order valence-corrected chi connectivity index (χ1v) is 7.70. The van der Waals surface area contributed by atoms with Gasteiger partial charge in [0.25, 0.3) is 0 Å². The van der Waals surface area contributed by atoms with E-state index in [0.717, 1.165) is 29.1 Å². The van der Waals surface area contributed by atoms with Crippen molar-refractivity contribution in [2.75, 3.05) is 11.9 Å². The maximum absolute atomic E-state index is 5.35. The molecule has 0 aliphatic rings. The number of rotatable bonds is 6. The zero-order chi connectivity index (χ0) is 16.2. The number of furan rings is 1. The molecule has 0 saturated heterocycles. The fourth-order valence-corrected chi connectivity index (χ4v) is 2.35. The molecule has 120 valence electrons. The largest absolute Gasteiger partial charge is 0.469 e. The minimum atomic E-state index is 0.254. The normalized spacial score (nSPS) is 11.1. The number of anilines is 1. The Bertz CT molecular complexity index is 763. The highest BCUT2D eigenvalue weighted by Crippen LogP contribution is 2.28. The molecule has 0 unspecified atom stereocenters. The zero-order valence-corrected chi connectivity index (χ0v) is 13.5. The first-order chi connectivity index (χ1) is 11.1. The topological polar surface area (TPSA) is 77.0 Å². The molecule has 0 spiro atoms. The number of aromatic nitrogens is 3. The van der Waals surface area contributed by atoms with Crippen molar-refractivity contribution in [1.29, 1.82) is 0 Å². The molecular weight excluding hydrogens is 292 g/mol. The van der Waals surface area contributed by atoms with E-state index in [9.17, 15) is 0 Å². The first-order valence-electron chi connectivity index (χ1n) is 7.70. The highest BCUT2D eigenvalue weighted by Gasteiger charge is 2.16. The summed E-state index contributed by atoms with van der Waals surface area (Å²) in [6.07, 6.45) is 4.25. The minimum absolute atomic E-state index is 0.254. The first kappa shape index (κ1) is 15.3. The highest BCUT2D eigenvalue weighted by molar-refractivity contribution is 5.61. The molecule has 3 heterocycles. The maximum atomic E-state index is 5.35. The van der Waals surface area contributed by atoms with Crippen LogP contribution in [-0.2, 0) is 6.42 Å². The summed E-state index contributed by atoms with van der Waals surface area (Å²) in [6, 6.07) is 5.74. The molecule has 23 heavy (non-hydrogen) atoms. The molecule has 3 aromatic rings. The van der Waals surface area contributed by atoms with Crippen LogP contribution in [-0.4, -0.2) is 21.7 Å². The predicted octanol–water partition coefficient (Wildman–Crippen LogP) is 3.81. The summed E-state index contributed by atoms with van der Waals surface area (Å²) in [5, 5.41) is 7.17. The Kier molecular flexibility index (Phi) is 4.41. The molecule has 0 fully saturated rings. The van der Waals surface area contributed by atoms with Gasteiger partial charge in [-0.1, -0.05) is 19.0 Å². The van der Waals surface area contributed by atoms with Gasteiger partial charge in [-0.25, -0.2) is 9.97 Å². The van der Waals surface area contributed by atoms with Gasteiger partial charge in [0.15, 0.2) is 5.76 Å². The molecule has 0 bridgehead atoms. The van der Waals surface area contributed by atoms with E-state index in [4.69, 9.17) is 8.94 Å². The van der Waals surface area contributed by atoms with Crippen LogP contribution >= 0.6 is 0 Å². The van der Waals surface area contributed by atoms with Gasteiger partial charge < -0.3 is 14.3 Å². The van der Waals surface area contributed by atoms with Gasteiger partial charge in [0.05, 0.1) is 23.2 Å². The lowest BCUT2D eigenvalue weighted by Crippen LogP contribution is -2.10. The van der Waals surface area contributed by atoms with Crippen molar-refractivity contribution in [1.82, 2.24) is 15.1 Å². The third kappa shape index (κ3) is 3.59. The summed E-state index contributed by atoms with van der Waals surface area (Å²) in [4.78, 5) is 9.02. The van der Waals surface area contributed by atoms with Crippen LogP contribution in [0.1, 0.15) is 36.9 Å². The predicted molar refractivity (Wildman–Crippen MR) is 87.3 cm³/mol. The Morgan fingerprint density at radius 3 is 2.83 bits per heavy atom. The van der Waals surface area contributed by atoms with Crippen LogP contribution in [0.5, 0.6) is 0 Å². The van der Waals surface area contributed by atoms with Crippen molar-refractivity contribution in [2.45, 2.75) is 33.1 Å². The summed E-state index contributed by atoms with van der Waals surface area (Å²) < 4.78 is 10.7. The average molecular weight is 312 g/mol. The van der Waals surface area contributed by atoms with E-state index in [1.54, 1.807) is 12.5 Å². The Labute approximate surface area is 134 Å². The molecule has 0 radical (unpaired) electrons. The summed E-state index contributed by atoms with van der Waals surface area (Å²) >= 11 is 0. The summed E-state index contributed by atoms with van der Waals surface area (Å²) in [5.74, 6) is 2.51. The molecule has 0 aromatic carbocycles. The van der Waals surface area contributed by atoms with Crippen molar-refractivity contribution < 1.29 is 8.94 Å². The molecule has 6 heteroatoms. The molecule has 0 saturated carbocycles. The van der Waals surface area contributed by atoms with Gasteiger partial charge in [-0.2, -0.15) is 0 Å². The zero-order valence-electron chi connectivity index (χ0n) is 13.5. The SMILES string of the molecule is Cc1cc(-c2cnc(NCCc3ccco3)nc2C(C)C)on1. The van der Waals surface area contributed by atoms with Crippen LogP contribution in [0.4, 0.5) is 5.95 Å². The quantitative estimate of drug-likeness (QED) is 0.745. The van der Waals surface area contributed by atoms with Gasteiger partial charge in [-0.3, -0.25) is 0 Å². The summed E-state index contributed by atoms with van der Waals surface area (Å²) in [5.41, 5.74) is 2.67. The molecule has 6 nitrogen and oxygen atoms in total. The fourth-order valence-electron chi connectivity index (χ4n) is 2.35. The molecule has 0 aliphatic carbocycles. The lowest BCUT2D eigenvalue weighted by molar-refractivity contribution is 0.426. The summed E-state index contributed by atoms with van der Waals surface area (Å²) in [7, 11) is 0. The number of nitrogens with one attached hydrogen (secondary N) is 1. The van der Waals surface area contributed by atoms with Crippen LogP contribution in [0.2, 0.25) is 0 Å². The van der Waals surface area contributed by atoms with Gasteiger partial charge in [0.1, 0.15) is 5.76 Å². The second-order valence-electron chi connectivity index (χ2n) is 5.74. The maximum Gasteiger partial charge on any atom is 0.222 e. The fraction of sp³-hybridized carbons (Fsp3) is 0.353. The smallest absolute Gasteiger partial charge is 0.222 e. The Morgan fingerprint density at radius 2 is 2.17 bits per heavy atom. The minimum Gasteiger partial charge on any atom is -0.469 e. The molecule has 0 amide bonds. The van der Waals surface area contributed by atoms with Gasteiger partial charge in [-0.15, -0.1) is 0 Å². The van der Waals surface area contributed by atoms with Gasteiger partial charge in [0.2, 0.25) is 5.95 Å². The molecule has 1 N–H and O–H groups in total. The van der Waals surface area contributed by atoms with E-state index in [1.807, 2.05) is 25.1 Å². The lowest BCUT2D eigenvalue weighted by atomic mass is 10.0. The van der Waals surface area contributed by atoms with Gasteiger partial charge >= 0.3 is 0 Å². The second kappa shape index (κ2) is 6.64. The van der Waals surface area contributed by atoms with Gasteiger partial charge in [0, 0.05) is 25.2 Å². The van der Waals surface area contributed by atoms with E-state index < -0.39 is 0 Å². The van der Waals surface area contributed by atoms with Crippen LogP contribution in [0, 0.1) is 6.92 Å². The van der Waals surface area contributed by atoms with Crippen LogP contribution in [0.25, 0.3) is 11.3 Å². The van der Waals surface area contributed by atoms with Crippen molar-refractivity contribution in [3.63, 3.8) is 0 Å². The van der Waals surface area contributed by atoms with E-state index in [1.165, 1.54) is 0 Å². The molecule has 0 atom stereocenters. The highest BCUT2D eigenvalue weighted by atomic mass is 16.5. The molecule has 3 aromatic heterocycles. The average Bonchev–Trinajstić information content (AvgIpc) is 3.19. The van der Waals surface area contributed by atoms with Crippen LogP contribution in [0.15, 0.2) is 39.6 Å². The molecule has 3 rings (SSSR count). The van der Waals surface area contributed by atoms with E-state index in [2.05, 4.69) is 34.3 Å². The van der Waals surface area contributed by atoms with Crippen LogP contribution in [0.3, 0.4) is 0 Å². The van der Waals surface area contributed by atoms with E-state index in [-0.39, 0.29) is 5.92 Å². The molecular formula is C17H20N4O2. The standard InChI is InChI=1S/C17H20N4O2/c1-11(2)16-14(15-9-12(3)21-23-15)10-19-17(20-16)18-7-6-13-5-4-8-22-13/h4-5,8-11H,6-7H2,1-3H3,(H,18,19,20). The van der Waals surface area contributed by atoms with Crippen molar-refractivity contribution in [3.8, 4) is 11.3 Å². The lowest BCUT2D eigenvalue weighted by Gasteiger charge is -2.11. The Hall–Kier alpha value is -2.63. The summed E-state index contributed by atoms with van der Waals surface area (Å²) in [6.45, 7) is 6.81. The Morgan fingerprint density at radius 1 is 1.30 bits per heavy atom. The van der Waals surface area contributed by atoms with Crippen LogP contribution < -0.4 is 5.32 Å². The van der Waals surface area contributed by atoms with Crippen molar-refractivity contribution >= 4 is 5.95 Å². The third-order valence-corrected chi connectivity index (χ3v) is 3.49. The number of nitrogens with zero attached hydrogens (tertiary/aromatic N) is 3.